The molecular formula is C14H18FNO3. The number of esters is 1. The number of carbonyl (C=O) groups is 1. The lowest BCUT2D eigenvalue weighted by atomic mass is 10.1. The van der Waals surface area contributed by atoms with E-state index in [1.165, 1.54) is 19.2 Å². The van der Waals surface area contributed by atoms with Crippen molar-refractivity contribution >= 4 is 5.97 Å². The average Bonchev–Trinajstić information content (AvgIpc) is 2.77. The van der Waals surface area contributed by atoms with Gasteiger partial charge in [-0.25, -0.2) is 4.39 Å². The fraction of sp³-hybridized carbons (Fsp3) is 0.500. The molecule has 104 valence electrons. The largest absolute Gasteiger partial charge is 0.488 e. The zero-order valence-electron chi connectivity index (χ0n) is 11.2. The van der Waals surface area contributed by atoms with Crippen LogP contribution in [0.1, 0.15) is 12.0 Å². The number of benzene rings is 1. The van der Waals surface area contributed by atoms with Gasteiger partial charge in [0, 0.05) is 25.1 Å². The van der Waals surface area contributed by atoms with E-state index in [2.05, 4.69) is 4.74 Å². The summed E-state index contributed by atoms with van der Waals surface area (Å²) in [4.78, 5) is 13.1. The number of hydrogen-bond acceptors (Lipinski definition) is 4. The van der Waals surface area contributed by atoms with Gasteiger partial charge in [-0.3, -0.25) is 4.79 Å². The van der Waals surface area contributed by atoms with E-state index in [1.807, 2.05) is 11.9 Å². The predicted molar refractivity (Wildman–Crippen MR) is 68.7 cm³/mol. The van der Waals surface area contributed by atoms with Crippen LogP contribution in [0.15, 0.2) is 18.2 Å². The Morgan fingerprint density at radius 2 is 2.37 bits per heavy atom. The van der Waals surface area contributed by atoms with E-state index in [4.69, 9.17) is 4.74 Å². The van der Waals surface area contributed by atoms with Crippen molar-refractivity contribution in [2.75, 3.05) is 27.2 Å². The highest BCUT2D eigenvalue weighted by Gasteiger charge is 2.24. The Morgan fingerprint density at radius 3 is 3.11 bits per heavy atom. The highest BCUT2D eigenvalue weighted by atomic mass is 19.1. The van der Waals surface area contributed by atoms with E-state index in [-0.39, 0.29) is 17.9 Å². The van der Waals surface area contributed by atoms with Crippen molar-refractivity contribution in [3.63, 3.8) is 0 Å². The summed E-state index contributed by atoms with van der Waals surface area (Å²) in [7, 11) is 3.31. The van der Waals surface area contributed by atoms with Crippen molar-refractivity contribution < 1.29 is 18.7 Å². The minimum Gasteiger partial charge on any atom is -0.488 e. The van der Waals surface area contributed by atoms with Crippen molar-refractivity contribution in [1.29, 1.82) is 0 Å². The first-order valence-electron chi connectivity index (χ1n) is 6.29. The smallest absolute Gasteiger partial charge is 0.306 e. The number of ether oxygens (including phenoxy) is 2. The first kappa shape index (κ1) is 13.8. The molecule has 4 nitrogen and oxygen atoms in total. The molecule has 0 N–H and O–H groups in total. The lowest BCUT2D eigenvalue weighted by Crippen LogP contribution is -2.33. The molecule has 5 heteroatoms. The number of carbonyl (C=O) groups excluding carboxylic acids is 1. The van der Waals surface area contributed by atoms with Crippen molar-refractivity contribution in [1.82, 2.24) is 4.90 Å². The Balaban J connectivity index is 1.81. The van der Waals surface area contributed by atoms with Crippen LogP contribution in [0.4, 0.5) is 4.39 Å². The van der Waals surface area contributed by atoms with Gasteiger partial charge in [0.05, 0.1) is 13.5 Å². The molecule has 0 bridgehead atoms. The zero-order chi connectivity index (χ0) is 13.8. The van der Waals surface area contributed by atoms with Crippen molar-refractivity contribution in [2.24, 2.45) is 0 Å². The first-order chi connectivity index (χ1) is 9.08. The van der Waals surface area contributed by atoms with Gasteiger partial charge in [0.25, 0.3) is 0 Å². The van der Waals surface area contributed by atoms with Crippen LogP contribution in [-0.2, 0) is 16.0 Å². The third kappa shape index (κ3) is 3.67. The average molecular weight is 267 g/mol. The SMILES string of the molecule is COC(=O)CCN(C)CC1Cc2cc(F)ccc2O1. The van der Waals surface area contributed by atoms with Gasteiger partial charge in [-0.05, 0) is 25.2 Å². The third-order valence-corrected chi connectivity index (χ3v) is 3.20. The molecule has 1 aliphatic heterocycles. The van der Waals surface area contributed by atoms with Crippen LogP contribution in [0.3, 0.4) is 0 Å². The Hall–Kier alpha value is -1.62. The molecule has 0 amide bonds. The summed E-state index contributed by atoms with van der Waals surface area (Å²) < 4.78 is 23.4. The minimum absolute atomic E-state index is 0.0134. The molecule has 0 aliphatic carbocycles. The van der Waals surface area contributed by atoms with Gasteiger partial charge in [0.2, 0.25) is 0 Å². The van der Waals surface area contributed by atoms with Gasteiger partial charge >= 0.3 is 5.97 Å². The lowest BCUT2D eigenvalue weighted by molar-refractivity contribution is -0.140. The summed E-state index contributed by atoms with van der Waals surface area (Å²) in [6.45, 7) is 1.32. The molecule has 0 radical (unpaired) electrons. The molecule has 0 spiro atoms. The van der Waals surface area contributed by atoms with Crippen molar-refractivity contribution in [3.05, 3.63) is 29.6 Å². The van der Waals surface area contributed by atoms with Gasteiger partial charge in [0.15, 0.2) is 0 Å². The van der Waals surface area contributed by atoms with Gasteiger partial charge in [-0.15, -0.1) is 0 Å². The molecule has 1 aromatic carbocycles. The molecule has 0 aromatic heterocycles. The normalized spacial score (nSPS) is 17.2. The second-order valence-electron chi connectivity index (χ2n) is 4.78. The van der Waals surface area contributed by atoms with Gasteiger partial charge in [-0.1, -0.05) is 0 Å². The maximum absolute atomic E-state index is 13.1. The van der Waals surface area contributed by atoms with Crippen LogP contribution in [0.25, 0.3) is 0 Å². The van der Waals surface area contributed by atoms with Crippen LogP contribution in [-0.4, -0.2) is 44.2 Å². The number of halogens is 1. The number of nitrogens with zero attached hydrogens (tertiary/aromatic N) is 1. The van der Waals surface area contributed by atoms with Crippen LogP contribution in [0, 0.1) is 5.82 Å². The molecule has 0 saturated heterocycles. The van der Waals surface area contributed by atoms with E-state index in [9.17, 15) is 9.18 Å². The Morgan fingerprint density at radius 1 is 1.58 bits per heavy atom. The number of methoxy groups -OCH3 is 1. The summed E-state index contributed by atoms with van der Waals surface area (Å²) in [5.41, 5.74) is 0.909. The van der Waals surface area contributed by atoms with E-state index in [1.54, 1.807) is 6.07 Å². The second-order valence-corrected chi connectivity index (χ2v) is 4.78. The van der Waals surface area contributed by atoms with Gasteiger partial charge in [-0.2, -0.15) is 0 Å². The Bertz CT molecular complexity index is 464. The Kier molecular flexibility index (Phi) is 4.37. The molecule has 1 atom stereocenters. The molecule has 1 aromatic rings. The number of hydrogen-bond donors (Lipinski definition) is 0. The maximum Gasteiger partial charge on any atom is 0.306 e. The van der Waals surface area contributed by atoms with E-state index >= 15 is 0 Å². The summed E-state index contributed by atoms with van der Waals surface area (Å²) in [5.74, 6) is 0.305. The molecule has 1 heterocycles. The van der Waals surface area contributed by atoms with E-state index in [0.29, 0.717) is 25.9 Å². The summed E-state index contributed by atoms with van der Waals surface area (Å²) in [6, 6.07) is 4.59. The highest BCUT2D eigenvalue weighted by molar-refractivity contribution is 5.69. The van der Waals surface area contributed by atoms with E-state index in [0.717, 1.165) is 11.3 Å². The fourth-order valence-corrected chi connectivity index (χ4v) is 2.21. The quantitative estimate of drug-likeness (QED) is 0.760. The standard InChI is InChI=1S/C14H18FNO3/c1-16(6-5-14(17)18-2)9-12-8-10-7-11(15)3-4-13(10)19-12/h3-4,7,12H,5-6,8-9H2,1-2H3. The van der Waals surface area contributed by atoms with E-state index < -0.39 is 0 Å². The molecule has 1 unspecified atom stereocenters. The summed E-state index contributed by atoms with van der Waals surface area (Å²) >= 11 is 0. The first-order valence-corrected chi connectivity index (χ1v) is 6.29. The summed E-state index contributed by atoms with van der Waals surface area (Å²) in [5, 5.41) is 0. The Labute approximate surface area is 112 Å². The zero-order valence-corrected chi connectivity index (χ0v) is 11.2. The molecular weight excluding hydrogens is 249 g/mol. The maximum atomic E-state index is 13.1. The molecule has 2 rings (SSSR count). The molecule has 0 fully saturated rings. The second kappa shape index (κ2) is 6.02. The number of rotatable bonds is 5. The minimum atomic E-state index is -0.234. The lowest BCUT2D eigenvalue weighted by Gasteiger charge is -2.20. The van der Waals surface area contributed by atoms with Crippen LogP contribution in [0.5, 0.6) is 5.75 Å². The number of fused-ring (bicyclic) bond motifs is 1. The molecule has 0 saturated carbocycles. The fourth-order valence-electron chi connectivity index (χ4n) is 2.21. The van der Waals surface area contributed by atoms with Crippen LogP contribution >= 0.6 is 0 Å². The number of likely N-dealkylation sites (N-methyl/N-ethyl adjacent to an activating group) is 1. The van der Waals surface area contributed by atoms with Crippen LogP contribution in [0.2, 0.25) is 0 Å². The summed E-state index contributed by atoms with van der Waals surface area (Å²) in [6.07, 6.45) is 1.08. The van der Waals surface area contributed by atoms with Crippen LogP contribution < -0.4 is 4.74 Å². The molecule has 1 aliphatic rings. The van der Waals surface area contributed by atoms with Gasteiger partial charge < -0.3 is 14.4 Å². The molecule has 19 heavy (non-hydrogen) atoms. The predicted octanol–water partition coefficient (Wildman–Crippen LogP) is 1.62. The van der Waals surface area contributed by atoms with Crippen molar-refractivity contribution in [3.8, 4) is 5.75 Å². The van der Waals surface area contributed by atoms with Crippen molar-refractivity contribution in [2.45, 2.75) is 18.9 Å². The van der Waals surface area contributed by atoms with Gasteiger partial charge in [0.1, 0.15) is 17.7 Å². The monoisotopic (exact) mass is 267 g/mol. The highest BCUT2D eigenvalue weighted by Crippen LogP contribution is 2.29. The third-order valence-electron chi connectivity index (χ3n) is 3.20. The topological polar surface area (TPSA) is 38.8 Å².